The fourth-order valence-corrected chi connectivity index (χ4v) is 0. The summed E-state index contributed by atoms with van der Waals surface area (Å²) in [6, 6.07) is 0. The van der Waals surface area contributed by atoms with Gasteiger partial charge in [-0.3, -0.25) is 0 Å². The SMILES string of the molecule is [Co].[Fe].[Mn].[Mo].[W]. The second kappa shape index (κ2) is 28.4. The van der Waals surface area contributed by atoms with Crippen LogP contribution in [-0.4, -0.2) is 0 Å². The predicted molar refractivity (Wildman–Crippen MR) is 0 cm³/mol. The first kappa shape index (κ1) is 44.5. The van der Waals surface area contributed by atoms with E-state index in [1.807, 2.05) is 0 Å². The zero-order valence-electron chi connectivity index (χ0n) is 1.88. The Labute approximate surface area is 91.7 Å². The molecule has 0 aliphatic heterocycles. The fraction of sp³-hybridized carbons (Fsp3) is 0. The van der Waals surface area contributed by atoms with Gasteiger partial charge in [0, 0.05) is 93.0 Å². The summed E-state index contributed by atoms with van der Waals surface area (Å²) < 4.78 is 0. The summed E-state index contributed by atoms with van der Waals surface area (Å²) in [4.78, 5) is 0. The van der Waals surface area contributed by atoms with Gasteiger partial charge in [0.1, 0.15) is 0 Å². The van der Waals surface area contributed by atoms with Gasteiger partial charge in [0.05, 0.1) is 0 Å². The summed E-state index contributed by atoms with van der Waals surface area (Å²) >= 11 is 0. The summed E-state index contributed by atoms with van der Waals surface area (Å²) in [5.41, 5.74) is 0. The van der Waals surface area contributed by atoms with Crippen molar-refractivity contribution in [1.82, 2.24) is 0 Å². The monoisotopic (exact) mass is 452 g/mol. The van der Waals surface area contributed by atoms with Gasteiger partial charge in [-0.2, -0.15) is 0 Å². The molecule has 5 heavy (non-hydrogen) atoms. The van der Waals surface area contributed by atoms with E-state index in [0.29, 0.717) is 0 Å². The van der Waals surface area contributed by atoms with E-state index in [0.717, 1.165) is 0 Å². The van der Waals surface area contributed by atoms with E-state index in [-0.39, 0.29) is 93.0 Å². The predicted octanol–water partition coefficient (Wildman–Crippen LogP) is -0.0125. The molecular weight excluding hydrogens is 449 g/mol. The molecule has 2 radical (unpaired) electrons. The van der Waals surface area contributed by atoms with E-state index >= 15 is 0 Å². The van der Waals surface area contributed by atoms with Crippen LogP contribution in [0.3, 0.4) is 0 Å². The molecule has 0 amide bonds. The molecule has 0 aliphatic carbocycles. The second-order valence-electron chi connectivity index (χ2n) is 0. The normalized spacial score (nSPS) is 0. The van der Waals surface area contributed by atoms with Gasteiger partial charge >= 0.3 is 0 Å². The van der Waals surface area contributed by atoms with Crippen molar-refractivity contribution in [2.24, 2.45) is 0 Å². The van der Waals surface area contributed by atoms with Crippen LogP contribution in [0.2, 0.25) is 0 Å². The van der Waals surface area contributed by atoms with Crippen molar-refractivity contribution in [3.8, 4) is 0 Å². The first-order chi connectivity index (χ1) is 0. The number of rotatable bonds is 0. The van der Waals surface area contributed by atoms with Crippen LogP contribution >= 0.6 is 0 Å². The van der Waals surface area contributed by atoms with Crippen LogP contribution in [0.25, 0.3) is 0 Å². The van der Waals surface area contributed by atoms with Crippen molar-refractivity contribution in [1.29, 1.82) is 0 Å². The van der Waals surface area contributed by atoms with Crippen molar-refractivity contribution in [3.63, 3.8) is 0 Å². The molecule has 0 unspecified atom stereocenters. The summed E-state index contributed by atoms with van der Waals surface area (Å²) in [6.45, 7) is 0. The first-order valence-corrected chi connectivity index (χ1v) is 0. The van der Waals surface area contributed by atoms with E-state index in [2.05, 4.69) is 0 Å². The molecule has 0 aromatic heterocycles. The van der Waals surface area contributed by atoms with Crippen molar-refractivity contribution >= 4 is 0 Å². The molecule has 0 nitrogen and oxygen atoms in total. The van der Waals surface area contributed by atoms with E-state index in [1.54, 1.807) is 0 Å². The minimum absolute atomic E-state index is 0. The van der Waals surface area contributed by atoms with Gasteiger partial charge in [0.2, 0.25) is 0 Å². The maximum absolute atomic E-state index is 0. The van der Waals surface area contributed by atoms with Gasteiger partial charge in [-0.25, -0.2) is 0 Å². The topological polar surface area (TPSA) is 0 Å². The van der Waals surface area contributed by atoms with Crippen molar-refractivity contribution in [3.05, 3.63) is 0 Å². The summed E-state index contributed by atoms with van der Waals surface area (Å²) in [5, 5.41) is 0. The minimum Gasteiger partial charge on any atom is 0 e. The average Bonchev–Trinajstić information content (AvgIpc) is 0. The number of hydrogen-bond donors (Lipinski definition) is 0. The Kier molecular flexibility index (Phi) is 253. The molecule has 36 valence electrons. The maximum Gasteiger partial charge on any atom is 0 e. The van der Waals surface area contributed by atoms with E-state index in [4.69, 9.17) is 0 Å². The number of hydrogen-bond acceptors (Lipinski definition) is 0. The van der Waals surface area contributed by atoms with Crippen molar-refractivity contribution in [2.45, 2.75) is 0 Å². The van der Waals surface area contributed by atoms with Crippen LogP contribution in [0.4, 0.5) is 0 Å². The van der Waals surface area contributed by atoms with Crippen LogP contribution in [0, 0.1) is 0 Å². The molecule has 0 aromatic rings. The van der Waals surface area contributed by atoms with Crippen LogP contribution in [0.1, 0.15) is 0 Å². The summed E-state index contributed by atoms with van der Waals surface area (Å²) in [5.74, 6) is 0. The van der Waals surface area contributed by atoms with Gasteiger partial charge in [-0.15, -0.1) is 0 Å². The van der Waals surface area contributed by atoms with E-state index < -0.39 is 0 Å². The van der Waals surface area contributed by atoms with E-state index in [1.165, 1.54) is 0 Å². The molecule has 0 bridgehead atoms. The van der Waals surface area contributed by atoms with Crippen molar-refractivity contribution in [2.75, 3.05) is 0 Å². The third-order valence-electron chi connectivity index (χ3n) is 0. The van der Waals surface area contributed by atoms with Gasteiger partial charge in [-0.1, -0.05) is 0 Å². The molecule has 0 heterocycles. The Morgan fingerprint density at radius 2 is 1.00 bits per heavy atom. The molecule has 0 saturated heterocycles. The molecule has 0 spiro atoms. The average molecular weight is 449 g/mol. The van der Waals surface area contributed by atoms with Crippen LogP contribution in [-0.2, 0) is 93.0 Å². The van der Waals surface area contributed by atoms with Crippen LogP contribution in [0.15, 0.2) is 0 Å². The smallest absolute Gasteiger partial charge is 0 e. The molecule has 0 rings (SSSR count). The third kappa shape index (κ3) is 19.6. The summed E-state index contributed by atoms with van der Waals surface area (Å²) in [7, 11) is 0. The molecule has 0 saturated carbocycles. The van der Waals surface area contributed by atoms with Gasteiger partial charge in [0.15, 0.2) is 0 Å². The maximum atomic E-state index is 0. The Hall–Kier alpha value is 2.92. The standard InChI is InChI=1S/Co.Fe.Mn.Mo.W. The van der Waals surface area contributed by atoms with Crippen molar-refractivity contribution < 1.29 is 93.0 Å². The quantitative estimate of drug-likeness (QED) is 0.457. The van der Waals surface area contributed by atoms with E-state index in [9.17, 15) is 0 Å². The molecule has 0 atom stereocenters. The minimum atomic E-state index is 0. The molecule has 0 N–H and O–H groups in total. The van der Waals surface area contributed by atoms with Gasteiger partial charge in [0.25, 0.3) is 0 Å². The molecule has 0 aromatic carbocycles. The molecule has 0 aliphatic rings. The largest absolute Gasteiger partial charge is 0 e. The summed E-state index contributed by atoms with van der Waals surface area (Å²) in [6.07, 6.45) is 0. The fourth-order valence-electron chi connectivity index (χ4n) is 0. The Balaban J connectivity index is 0. The molecule has 5 heteroatoms. The Morgan fingerprint density at radius 1 is 1.00 bits per heavy atom. The zero-order chi connectivity index (χ0) is 0. The van der Waals surface area contributed by atoms with Gasteiger partial charge < -0.3 is 0 Å². The molecule has 0 fully saturated rings. The van der Waals surface area contributed by atoms with Gasteiger partial charge in [-0.05, 0) is 0 Å². The first-order valence-electron chi connectivity index (χ1n) is 0. The Morgan fingerprint density at radius 3 is 1.00 bits per heavy atom. The third-order valence-corrected chi connectivity index (χ3v) is 0. The second-order valence-corrected chi connectivity index (χ2v) is 0. The Bertz CT molecular complexity index is 11.6. The zero-order valence-corrected chi connectivity index (χ0v) is 10.1. The van der Waals surface area contributed by atoms with Crippen LogP contribution < -0.4 is 0 Å². The van der Waals surface area contributed by atoms with Crippen LogP contribution in [0.5, 0.6) is 0 Å². The molecular formula is CoFeMnMoW.